The number of hydrogen-bond acceptors (Lipinski definition) is 2. The van der Waals surface area contributed by atoms with Crippen molar-refractivity contribution in [2.45, 2.75) is 13.5 Å². The van der Waals surface area contributed by atoms with Crippen LogP contribution in [0.1, 0.15) is 5.69 Å². The van der Waals surface area contributed by atoms with Gasteiger partial charge in [-0.2, -0.15) is 9.49 Å². The maximum atomic E-state index is 12.8. The Morgan fingerprint density at radius 2 is 2.58 bits per heavy atom. The number of halogens is 2. The molecule has 6 heteroatoms. The monoisotopic (exact) mass is 283 g/mol. The molecule has 0 saturated carbocycles. The number of hydrogen-bond donors (Lipinski definition) is 1. The maximum absolute atomic E-state index is 12.8. The van der Waals surface area contributed by atoms with E-state index in [0.717, 1.165) is 4.68 Å². The van der Waals surface area contributed by atoms with Crippen LogP contribution in [0.25, 0.3) is 0 Å². The number of aromatic nitrogens is 2. The van der Waals surface area contributed by atoms with Crippen molar-refractivity contribution in [3.05, 3.63) is 17.7 Å². The van der Waals surface area contributed by atoms with Gasteiger partial charge in [-0.15, -0.1) is 0 Å². The van der Waals surface area contributed by atoms with Gasteiger partial charge in [0.2, 0.25) is 11.9 Å². The molecule has 0 unspecified atom stereocenters. The van der Waals surface area contributed by atoms with Gasteiger partial charge in [-0.05, 0) is 6.92 Å². The van der Waals surface area contributed by atoms with Gasteiger partial charge in [-0.1, -0.05) is 0 Å². The Balaban J connectivity index is 2.75. The van der Waals surface area contributed by atoms with Gasteiger partial charge in [0, 0.05) is 6.07 Å². The largest absolute Gasteiger partial charge is 0.297 e. The quantitative estimate of drug-likeness (QED) is 0.644. The molecule has 1 rings (SSSR count). The summed E-state index contributed by atoms with van der Waals surface area (Å²) in [5.74, 6) is -0.773. The highest BCUT2D eigenvalue weighted by molar-refractivity contribution is 14.1. The van der Waals surface area contributed by atoms with Gasteiger partial charge < -0.3 is 0 Å². The van der Waals surface area contributed by atoms with Gasteiger partial charge >= 0.3 is 0 Å². The zero-order valence-corrected chi connectivity index (χ0v) is 8.50. The normalized spacial score (nSPS) is 9.92. The third-order valence-corrected chi connectivity index (χ3v) is 1.85. The van der Waals surface area contributed by atoms with Crippen molar-refractivity contribution in [3.63, 3.8) is 0 Å². The first-order valence-corrected chi connectivity index (χ1v) is 4.31. The summed E-state index contributed by atoms with van der Waals surface area (Å²) in [5.41, 5.74) is 0.564. The summed E-state index contributed by atoms with van der Waals surface area (Å²) < 4.78 is 16.2. The minimum atomic E-state index is -0.493. The minimum Gasteiger partial charge on any atom is -0.297 e. The number of aryl methyl sites for hydroxylation is 1. The topological polar surface area (TPSA) is 46.9 Å². The fourth-order valence-corrected chi connectivity index (χ4v) is 0.961. The number of amides is 1. The summed E-state index contributed by atoms with van der Waals surface area (Å²) in [6.45, 7) is 1.59. The van der Waals surface area contributed by atoms with Crippen LogP contribution >= 0.6 is 22.9 Å². The van der Waals surface area contributed by atoms with Crippen LogP contribution in [0.4, 0.5) is 4.39 Å². The van der Waals surface area contributed by atoms with Gasteiger partial charge in [0.05, 0.1) is 28.6 Å². The van der Waals surface area contributed by atoms with E-state index in [1.807, 2.05) is 0 Å². The van der Waals surface area contributed by atoms with Gasteiger partial charge in [0.15, 0.2) is 0 Å². The molecule has 0 aliphatic rings. The second-order valence-corrected chi connectivity index (χ2v) is 2.82. The lowest BCUT2D eigenvalue weighted by atomic mass is 10.5. The highest BCUT2D eigenvalue weighted by Crippen LogP contribution is 2.00. The lowest BCUT2D eigenvalue weighted by Crippen LogP contribution is -2.20. The summed E-state index contributed by atoms with van der Waals surface area (Å²) >= 11 is 1.70. The van der Waals surface area contributed by atoms with Crippen molar-refractivity contribution in [1.82, 2.24) is 13.3 Å². The predicted octanol–water partition coefficient (Wildman–Crippen LogP) is 0.797. The van der Waals surface area contributed by atoms with Crippen LogP contribution < -0.4 is 3.53 Å². The molecule has 0 aliphatic carbocycles. The Morgan fingerprint density at radius 3 is 3.00 bits per heavy atom. The van der Waals surface area contributed by atoms with Crippen LogP contribution in [-0.2, 0) is 11.3 Å². The molecule has 0 spiro atoms. The minimum absolute atomic E-state index is 0.0807. The van der Waals surface area contributed by atoms with Crippen molar-refractivity contribution in [3.8, 4) is 0 Å². The van der Waals surface area contributed by atoms with Gasteiger partial charge in [-0.25, -0.2) is 4.68 Å². The SMILES string of the molecule is Cc1cc(F)n(CC(=O)NI)n1. The summed E-state index contributed by atoms with van der Waals surface area (Å²) in [6.07, 6.45) is 0. The Labute approximate surface area is 82.6 Å². The van der Waals surface area contributed by atoms with Gasteiger partial charge in [0.25, 0.3) is 0 Å². The molecule has 1 heterocycles. The van der Waals surface area contributed by atoms with Crippen molar-refractivity contribution in [2.75, 3.05) is 0 Å². The molecule has 0 aromatic carbocycles. The van der Waals surface area contributed by atoms with Crippen molar-refractivity contribution in [1.29, 1.82) is 0 Å². The molecular formula is C6H7FIN3O. The van der Waals surface area contributed by atoms with E-state index < -0.39 is 5.95 Å². The lowest BCUT2D eigenvalue weighted by molar-refractivity contribution is -0.119. The molecule has 1 aromatic rings. The molecule has 0 aliphatic heterocycles. The number of carbonyl (C=O) groups excluding carboxylic acids is 1. The predicted molar refractivity (Wildman–Crippen MR) is 49.1 cm³/mol. The first-order valence-electron chi connectivity index (χ1n) is 3.23. The summed E-state index contributed by atoms with van der Waals surface area (Å²) in [7, 11) is 0. The maximum Gasteiger partial charge on any atom is 0.250 e. The van der Waals surface area contributed by atoms with E-state index in [0.29, 0.717) is 5.69 Å². The molecule has 0 saturated heterocycles. The highest BCUT2D eigenvalue weighted by atomic mass is 127. The van der Waals surface area contributed by atoms with Crippen molar-refractivity contribution in [2.24, 2.45) is 0 Å². The average Bonchev–Trinajstić information content (AvgIpc) is 2.30. The van der Waals surface area contributed by atoms with Crippen LogP contribution in [0.5, 0.6) is 0 Å². The van der Waals surface area contributed by atoms with E-state index in [9.17, 15) is 9.18 Å². The van der Waals surface area contributed by atoms with Crippen molar-refractivity contribution < 1.29 is 9.18 Å². The molecule has 4 nitrogen and oxygen atoms in total. The van der Waals surface area contributed by atoms with Crippen LogP contribution in [0.2, 0.25) is 0 Å². The van der Waals surface area contributed by atoms with E-state index in [4.69, 9.17) is 0 Å². The van der Waals surface area contributed by atoms with E-state index in [-0.39, 0.29) is 12.5 Å². The van der Waals surface area contributed by atoms with Crippen molar-refractivity contribution >= 4 is 28.8 Å². The standard InChI is InChI=1S/C6H7FIN3O/c1-4-2-5(7)11(10-4)3-6(12)9-8/h2H,3H2,1H3,(H,9,12). The smallest absolute Gasteiger partial charge is 0.250 e. The van der Waals surface area contributed by atoms with E-state index >= 15 is 0 Å². The molecule has 1 aromatic heterocycles. The molecular weight excluding hydrogens is 276 g/mol. The Hall–Kier alpha value is -0.660. The summed E-state index contributed by atoms with van der Waals surface area (Å²) in [5, 5.41) is 3.78. The number of nitrogens with zero attached hydrogens (tertiary/aromatic N) is 2. The first-order chi connectivity index (χ1) is 5.63. The molecule has 0 fully saturated rings. The Morgan fingerprint density at radius 1 is 1.92 bits per heavy atom. The molecule has 0 atom stereocenters. The molecule has 12 heavy (non-hydrogen) atoms. The second-order valence-electron chi connectivity index (χ2n) is 2.28. The lowest BCUT2D eigenvalue weighted by Gasteiger charge is -1.98. The average molecular weight is 283 g/mol. The van der Waals surface area contributed by atoms with Crippen LogP contribution in [0.15, 0.2) is 6.07 Å². The Kier molecular flexibility index (Phi) is 3.01. The van der Waals surface area contributed by atoms with E-state index in [1.165, 1.54) is 6.07 Å². The molecule has 1 N–H and O–H groups in total. The number of rotatable bonds is 2. The fourth-order valence-electron chi connectivity index (χ4n) is 0.791. The third-order valence-electron chi connectivity index (χ3n) is 1.25. The zero-order valence-electron chi connectivity index (χ0n) is 6.34. The summed E-state index contributed by atoms with van der Waals surface area (Å²) in [4.78, 5) is 10.8. The first kappa shape index (κ1) is 9.43. The van der Waals surface area contributed by atoms with E-state index in [1.54, 1.807) is 29.8 Å². The molecule has 1 amide bonds. The van der Waals surface area contributed by atoms with Gasteiger partial charge in [-0.3, -0.25) is 8.32 Å². The van der Waals surface area contributed by atoms with Crippen LogP contribution in [-0.4, -0.2) is 15.7 Å². The number of nitrogens with one attached hydrogen (secondary N) is 1. The molecule has 66 valence electrons. The van der Waals surface area contributed by atoms with E-state index in [2.05, 4.69) is 8.63 Å². The van der Waals surface area contributed by atoms with Crippen LogP contribution in [0, 0.1) is 12.9 Å². The molecule has 0 bridgehead atoms. The number of carbonyl (C=O) groups is 1. The third kappa shape index (κ3) is 2.16. The fraction of sp³-hybridized carbons (Fsp3) is 0.333. The second kappa shape index (κ2) is 3.83. The summed E-state index contributed by atoms with van der Waals surface area (Å²) in [6, 6.07) is 1.28. The zero-order chi connectivity index (χ0) is 9.14. The molecule has 0 radical (unpaired) electrons. The Bertz CT molecular complexity index is 299. The van der Waals surface area contributed by atoms with Crippen LogP contribution in [0.3, 0.4) is 0 Å². The highest BCUT2D eigenvalue weighted by Gasteiger charge is 2.07. The van der Waals surface area contributed by atoms with Gasteiger partial charge in [0.1, 0.15) is 6.54 Å².